The monoisotopic (exact) mass is 239 g/mol. The van der Waals surface area contributed by atoms with Crippen LogP contribution in [0, 0.1) is 5.92 Å². The summed E-state index contributed by atoms with van der Waals surface area (Å²) in [5.74, 6) is 1.74. The first-order valence-electron chi connectivity index (χ1n) is 6.53. The van der Waals surface area contributed by atoms with E-state index in [4.69, 9.17) is 9.15 Å². The molecule has 1 unspecified atom stereocenters. The number of nitrogens with one attached hydrogen (secondary N) is 1. The van der Waals surface area contributed by atoms with Gasteiger partial charge in [0.25, 0.3) is 0 Å². The molecule has 0 bridgehead atoms. The maximum absolute atomic E-state index is 5.72. The van der Waals surface area contributed by atoms with Crippen LogP contribution in [0.4, 0.5) is 0 Å². The van der Waals surface area contributed by atoms with Crippen LogP contribution >= 0.6 is 0 Å². The predicted octanol–water partition coefficient (Wildman–Crippen LogP) is 3.21. The fourth-order valence-electron chi connectivity index (χ4n) is 1.65. The Morgan fingerprint density at radius 1 is 1.35 bits per heavy atom. The van der Waals surface area contributed by atoms with Gasteiger partial charge in [0.2, 0.25) is 0 Å². The van der Waals surface area contributed by atoms with Crippen LogP contribution in [0.5, 0.6) is 0 Å². The molecule has 0 saturated carbocycles. The summed E-state index contributed by atoms with van der Waals surface area (Å²) in [5, 5.41) is 3.32. The van der Waals surface area contributed by atoms with Crippen LogP contribution < -0.4 is 5.32 Å². The molecule has 1 aromatic heterocycles. The van der Waals surface area contributed by atoms with Gasteiger partial charge < -0.3 is 14.5 Å². The highest BCUT2D eigenvalue weighted by molar-refractivity contribution is 4.97. The van der Waals surface area contributed by atoms with Gasteiger partial charge in [0.05, 0.1) is 18.9 Å². The lowest BCUT2D eigenvalue weighted by molar-refractivity contribution is 0.0613. The Balaban J connectivity index is 1.96. The van der Waals surface area contributed by atoms with Gasteiger partial charge in [-0.1, -0.05) is 13.8 Å². The molecule has 98 valence electrons. The molecule has 1 N–H and O–H groups in total. The van der Waals surface area contributed by atoms with Gasteiger partial charge in [0.15, 0.2) is 0 Å². The summed E-state index contributed by atoms with van der Waals surface area (Å²) < 4.78 is 11.0. The Morgan fingerprint density at radius 3 is 2.82 bits per heavy atom. The molecule has 0 radical (unpaired) electrons. The molecule has 3 heteroatoms. The van der Waals surface area contributed by atoms with Crippen LogP contribution in [0.25, 0.3) is 0 Å². The topological polar surface area (TPSA) is 34.4 Å². The average molecular weight is 239 g/mol. The molecule has 0 aliphatic rings. The Hall–Kier alpha value is -0.800. The van der Waals surface area contributed by atoms with Crippen LogP contribution in [-0.4, -0.2) is 19.3 Å². The summed E-state index contributed by atoms with van der Waals surface area (Å²) in [6.45, 7) is 9.09. The minimum Gasteiger partial charge on any atom is -0.468 e. The Labute approximate surface area is 105 Å². The quantitative estimate of drug-likeness (QED) is 0.672. The van der Waals surface area contributed by atoms with Gasteiger partial charge in [0.1, 0.15) is 5.76 Å². The third-order valence-electron chi connectivity index (χ3n) is 2.64. The first-order chi connectivity index (χ1) is 8.18. The summed E-state index contributed by atoms with van der Waals surface area (Å²) in [7, 11) is 0. The maximum atomic E-state index is 5.72. The smallest absolute Gasteiger partial charge is 0.117 e. The molecule has 17 heavy (non-hydrogen) atoms. The molecule has 0 aromatic carbocycles. The third kappa shape index (κ3) is 7.18. The molecule has 0 saturated heterocycles. The molecule has 0 aliphatic carbocycles. The lowest BCUT2D eigenvalue weighted by Crippen LogP contribution is -2.26. The lowest BCUT2D eigenvalue weighted by Gasteiger charge is -2.14. The number of furan rings is 1. The fourth-order valence-corrected chi connectivity index (χ4v) is 1.65. The van der Waals surface area contributed by atoms with Crippen LogP contribution in [-0.2, 0) is 11.3 Å². The van der Waals surface area contributed by atoms with Crippen molar-refractivity contribution in [1.82, 2.24) is 5.32 Å². The Morgan fingerprint density at radius 2 is 2.18 bits per heavy atom. The zero-order chi connectivity index (χ0) is 12.5. The number of hydrogen-bond acceptors (Lipinski definition) is 3. The highest BCUT2D eigenvalue weighted by atomic mass is 16.5. The second-order valence-electron chi connectivity index (χ2n) is 4.93. The molecule has 3 nitrogen and oxygen atoms in total. The highest BCUT2D eigenvalue weighted by Gasteiger charge is 2.03. The first-order valence-corrected chi connectivity index (χ1v) is 6.53. The second-order valence-corrected chi connectivity index (χ2v) is 4.93. The van der Waals surface area contributed by atoms with Crippen LogP contribution in [0.2, 0.25) is 0 Å². The van der Waals surface area contributed by atoms with Crippen molar-refractivity contribution in [2.24, 2.45) is 5.92 Å². The summed E-state index contributed by atoms with van der Waals surface area (Å²) in [5.41, 5.74) is 0. The van der Waals surface area contributed by atoms with Crippen molar-refractivity contribution >= 4 is 0 Å². The number of hydrogen-bond donors (Lipinski definition) is 1. The largest absolute Gasteiger partial charge is 0.468 e. The van der Waals surface area contributed by atoms with E-state index in [1.54, 1.807) is 6.26 Å². The van der Waals surface area contributed by atoms with E-state index in [0.29, 0.717) is 0 Å². The van der Waals surface area contributed by atoms with Crippen molar-refractivity contribution in [1.29, 1.82) is 0 Å². The highest BCUT2D eigenvalue weighted by Crippen LogP contribution is 2.04. The van der Waals surface area contributed by atoms with E-state index in [1.165, 1.54) is 6.42 Å². The van der Waals surface area contributed by atoms with Crippen molar-refractivity contribution in [2.75, 3.05) is 13.2 Å². The molecule has 0 aliphatic heterocycles. The standard InChI is InChI=1S/C14H25NO2/c1-12(2)6-4-8-16-13(3)10-15-11-14-7-5-9-17-14/h5,7,9,12-13,15H,4,6,8,10-11H2,1-3H3. The minimum atomic E-state index is 0.261. The van der Waals surface area contributed by atoms with Crippen LogP contribution in [0.15, 0.2) is 22.8 Å². The summed E-state index contributed by atoms with van der Waals surface area (Å²) in [4.78, 5) is 0. The average Bonchev–Trinajstić information content (AvgIpc) is 2.77. The molecule has 0 amide bonds. The molecule has 1 heterocycles. The van der Waals surface area contributed by atoms with E-state index in [9.17, 15) is 0 Å². The van der Waals surface area contributed by atoms with E-state index in [1.807, 2.05) is 12.1 Å². The van der Waals surface area contributed by atoms with Gasteiger partial charge in [-0.2, -0.15) is 0 Å². The number of rotatable bonds is 9. The van der Waals surface area contributed by atoms with Crippen molar-refractivity contribution < 1.29 is 9.15 Å². The SMILES string of the molecule is CC(C)CCCOC(C)CNCc1ccco1. The number of ether oxygens (including phenoxy) is 1. The summed E-state index contributed by atoms with van der Waals surface area (Å²) in [6.07, 6.45) is 4.35. The zero-order valence-electron chi connectivity index (χ0n) is 11.2. The van der Waals surface area contributed by atoms with E-state index in [-0.39, 0.29) is 6.10 Å². The van der Waals surface area contributed by atoms with Gasteiger partial charge in [-0.25, -0.2) is 0 Å². The van der Waals surface area contributed by atoms with Gasteiger partial charge in [-0.15, -0.1) is 0 Å². The van der Waals surface area contributed by atoms with Crippen molar-refractivity contribution in [2.45, 2.75) is 46.3 Å². The molecule has 1 aromatic rings. The van der Waals surface area contributed by atoms with Crippen molar-refractivity contribution in [3.8, 4) is 0 Å². The van der Waals surface area contributed by atoms with Gasteiger partial charge in [0, 0.05) is 13.2 Å². The molecule has 0 spiro atoms. The maximum Gasteiger partial charge on any atom is 0.117 e. The van der Waals surface area contributed by atoms with Crippen LogP contribution in [0.1, 0.15) is 39.4 Å². The van der Waals surface area contributed by atoms with E-state index in [2.05, 4.69) is 26.1 Å². The lowest BCUT2D eigenvalue weighted by atomic mass is 10.1. The van der Waals surface area contributed by atoms with Gasteiger partial charge >= 0.3 is 0 Å². The van der Waals surface area contributed by atoms with Gasteiger partial charge in [-0.3, -0.25) is 0 Å². The zero-order valence-corrected chi connectivity index (χ0v) is 11.2. The third-order valence-corrected chi connectivity index (χ3v) is 2.64. The molecule has 1 atom stereocenters. The molecule has 1 rings (SSSR count). The van der Waals surface area contributed by atoms with Crippen molar-refractivity contribution in [3.63, 3.8) is 0 Å². The molecular weight excluding hydrogens is 214 g/mol. The Kier molecular flexibility index (Phi) is 6.97. The second kappa shape index (κ2) is 8.31. The molecule has 0 fully saturated rings. The normalized spacial score (nSPS) is 13.2. The predicted molar refractivity (Wildman–Crippen MR) is 69.9 cm³/mol. The summed E-state index contributed by atoms with van der Waals surface area (Å²) in [6, 6.07) is 3.88. The summed E-state index contributed by atoms with van der Waals surface area (Å²) >= 11 is 0. The van der Waals surface area contributed by atoms with Crippen LogP contribution in [0.3, 0.4) is 0 Å². The molecular formula is C14H25NO2. The van der Waals surface area contributed by atoms with Gasteiger partial charge in [-0.05, 0) is 37.8 Å². The first kappa shape index (κ1) is 14.3. The van der Waals surface area contributed by atoms with E-state index in [0.717, 1.165) is 37.8 Å². The fraction of sp³-hybridized carbons (Fsp3) is 0.714. The van der Waals surface area contributed by atoms with E-state index < -0.39 is 0 Å². The van der Waals surface area contributed by atoms with Crippen molar-refractivity contribution in [3.05, 3.63) is 24.2 Å². The Bertz CT molecular complexity index is 270. The van der Waals surface area contributed by atoms with E-state index >= 15 is 0 Å². The minimum absolute atomic E-state index is 0.261.